The van der Waals surface area contributed by atoms with E-state index in [0.717, 1.165) is 5.56 Å². The zero-order chi connectivity index (χ0) is 20.6. The normalized spacial score (nSPS) is 10.8. The number of carbonyl (C=O) groups excluding carboxylic acids is 3. The first-order chi connectivity index (χ1) is 13.2. The lowest BCUT2D eigenvalue weighted by atomic mass is 9.95. The summed E-state index contributed by atoms with van der Waals surface area (Å²) in [6, 6.07) is 16.4. The van der Waals surface area contributed by atoms with Crippen LogP contribution >= 0.6 is 0 Å². The van der Waals surface area contributed by atoms with Gasteiger partial charge in [0.25, 0.3) is 0 Å². The van der Waals surface area contributed by atoms with Crippen molar-refractivity contribution in [2.24, 2.45) is 5.41 Å². The molecule has 0 saturated heterocycles. The Morgan fingerprint density at radius 3 is 1.93 bits per heavy atom. The molecule has 2 aromatic carbocycles. The summed E-state index contributed by atoms with van der Waals surface area (Å²) >= 11 is 0. The van der Waals surface area contributed by atoms with Gasteiger partial charge in [0, 0.05) is 29.8 Å². The average molecular weight is 381 g/mol. The summed E-state index contributed by atoms with van der Waals surface area (Å²) in [5, 5.41) is 8.35. The molecule has 2 aromatic rings. The Morgan fingerprint density at radius 1 is 0.786 bits per heavy atom. The number of anilines is 2. The van der Waals surface area contributed by atoms with Crippen molar-refractivity contribution in [2.75, 3.05) is 17.2 Å². The summed E-state index contributed by atoms with van der Waals surface area (Å²) in [6.07, 6.45) is 0.479. The largest absolute Gasteiger partial charge is 0.355 e. The van der Waals surface area contributed by atoms with E-state index in [1.54, 1.807) is 24.3 Å². The van der Waals surface area contributed by atoms with Gasteiger partial charge in [-0.3, -0.25) is 14.4 Å². The summed E-state index contributed by atoms with van der Waals surface area (Å²) in [5.74, 6) is -0.375. The van der Waals surface area contributed by atoms with Gasteiger partial charge in [-0.05, 0) is 29.8 Å². The molecule has 3 N–H and O–H groups in total. The third kappa shape index (κ3) is 7.23. The molecular formula is C22H27N3O3. The van der Waals surface area contributed by atoms with E-state index in [0.29, 0.717) is 17.8 Å². The van der Waals surface area contributed by atoms with E-state index < -0.39 is 5.41 Å². The van der Waals surface area contributed by atoms with E-state index in [9.17, 15) is 14.4 Å². The number of hydrogen-bond acceptors (Lipinski definition) is 3. The molecule has 0 aliphatic carbocycles. The smallest absolute Gasteiger partial charge is 0.229 e. The molecule has 0 aliphatic heterocycles. The van der Waals surface area contributed by atoms with Crippen LogP contribution in [0.25, 0.3) is 0 Å². The van der Waals surface area contributed by atoms with Crippen LogP contribution in [0.1, 0.15) is 32.8 Å². The van der Waals surface area contributed by atoms with Crippen molar-refractivity contribution >= 4 is 29.1 Å². The Hall–Kier alpha value is -3.15. The second-order valence-electron chi connectivity index (χ2n) is 7.59. The fourth-order valence-corrected chi connectivity index (χ4v) is 2.34. The van der Waals surface area contributed by atoms with Crippen molar-refractivity contribution in [1.82, 2.24) is 5.32 Å². The lowest BCUT2D eigenvalue weighted by Crippen LogP contribution is -2.29. The Labute approximate surface area is 165 Å². The molecule has 0 radical (unpaired) electrons. The van der Waals surface area contributed by atoms with E-state index in [-0.39, 0.29) is 30.7 Å². The van der Waals surface area contributed by atoms with Gasteiger partial charge in [-0.1, -0.05) is 51.1 Å². The Kier molecular flexibility index (Phi) is 7.32. The van der Waals surface area contributed by atoms with Crippen LogP contribution in [0.3, 0.4) is 0 Å². The van der Waals surface area contributed by atoms with Crippen molar-refractivity contribution in [2.45, 2.75) is 33.6 Å². The number of rotatable bonds is 7. The van der Waals surface area contributed by atoms with Crippen molar-refractivity contribution in [1.29, 1.82) is 0 Å². The van der Waals surface area contributed by atoms with E-state index >= 15 is 0 Å². The van der Waals surface area contributed by atoms with Crippen molar-refractivity contribution in [3.05, 3.63) is 60.2 Å². The average Bonchev–Trinajstić information content (AvgIpc) is 2.63. The Bertz CT molecular complexity index is 809. The molecule has 0 fully saturated rings. The monoisotopic (exact) mass is 381 g/mol. The Morgan fingerprint density at radius 2 is 1.36 bits per heavy atom. The molecule has 0 aromatic heterocycles. The third-order valence-corrected chi connectivity index (χ3v) is 3.99. The number of carbonyl (C=O) groups is 3. The molecule has 0 atom stereocenters. The molecule has 0 bridgehead atoms. The predicted molar refractivity (Wildman–Crippen MR) is 111 cm³/mol. The number of amides is 3. The molecule has 28 heavy (non-hydrogen) atoms. The zero-order valence-corrected chi connectivity index (χ0v) is 16.5. The molecule has 0 unspecified atom stereocenters. The van der Waals surface area contributed by atoms with Gasteiger partial charge < -0.3 is 16.0 Å². The molecular weight excluding hydrogens is 354 g/mol. The minimum atomic E-state index is -0.474. The molecule has 3 amide bonds. The minimum absolute atomic E-state index is 0.0736. The maximum absolute atomic E-state index is 12.0. The minimum Gasteiger partial charge on any atom is -0.355 e. The lowest BCUT2D eigenvalue weighted by molar-refractivity contribution is -0.123. The molecule has 0 aliphatic rings. The summed E-state index contributed by atoms with van der Waals surface area (Å²) < 4.78 is 0. The van der Waals surface area contributed by atoms with Gasteiger partial charge >= 0.3 is 0 Å². The van der Waals surface area contributed by atoms with Gasteiger partial charge in [0.1, 0.15) is 0 Å². The van der Waals surface area contributed by atoms with Crippen molar-refractivity contribution < 1.29 is 14.4 Å². The van der Waals surface area contributed by atoms with E-state index in [1.807, 2.05) is 51.1 Å². The molecule has 2 rings (SSSR count). The number of nitrogens with one attached hydrogen (secondary N) is 3. The van der Waals surface area contributed by atoms with Crippen LogP contribution in [-0.2, 0) is 20.8 Å². The maximum Gasteiger partial charge on any atom is 0.229 e. The van der Waals surface area contributed by atoms with Gasteiger partial charge in [0.2, 0.25) is 17.7 Å². The summed E-state index contributed by atoms with van der Waals surface area (Å²) in [7, 11) is 0. The second kappa shape index (κ2) is 9.69. The van der Waals surface area contributed by atoms with Crippen LogP contribution in [-0.4, -0.2) is 24.3 Å². The zero-order valence-electron chi connectivity index (χ0n) is 16.5. The molecule has 0 spiro atoms. The van der Waals surface area contributed by atoms with Gasteiger partial charge in [0.05, 0.1) is 6.42 Å². The van der Waals surface area contributed by atoms with E-state index in [4.69, 9.17) is 0 Å². The van der Waals surface area contributed by atoms with Crippen LogP contribution in [0.2, 0.25) is 0 Å². The van der Waals surface area contributed by atoms with Gasteiger partial charge in [-0.2, -0.15) is 0 Å². The molecule has 0 saturated carbocycles. The third-order valence-electron chi connectivity index (χ3n) is 3.99. The van der Waals surface area contributed by atoms with Gasteiger partial charge in [-0.15, -0.1) is 0 Å². The first kappa shape index (κ1) is 21.2. The lowest BCUT2D eigenvalue weighted by Gasteiger charge is -2.17. The molecule has 6 nitrogen and oxygen atoms in total. The Balaban J connectivity index is 1.72. The summed E-state index contributed by atoms with van der Waals surface area (Å²) in [5.41, 5.74) is 1.77. The fraction of sp³-hybridized carbons (Fsp3) is 0.318. The molecule has 6 heteroatoms. The highest BCUT2D eigenvalue weighted by atomic mass is 16.2. The van der Waals surface area contributed by atoms with Gasteiger partial charge in [0.15, 0.2) is 0 Å². The van der Waals surface area contributed by atoms with Crippen LogP contribution in [0.15, 0.2) is 54.6 Å². The van der Waals surface area contributed by atoms with E-state index in [2.05, 4.69) is 16.0 Å². The molecule has 148 valence electrons. The highest BCUT2D eigenvalue weighted by Crippen LogP contribution is 2.19. The first-order valence-corrected chi connectivity index (χ1v) is 9.26. The predicted octanol–water partition coefficient (Wildman–Crippen LogP) is 3.36. The van der Waals surface area contributed by atoms with Crippen molar-refractivity contribution in [3.63, 3.8) is 0 Å². The van der Waals surface area contributed by atoms with E-state index in [1.165, 1.54) is 0 Å². The summed E-state index contributed by atoms with van der Waals surface area (Å²) in [6.45, 7) is 5.80. The summed E-state index contributed by atoms with van der Waals surface area (Å²) in [4.78, 5) is 35.9. The fourth-order valence-electron chi connectivity index (χ4n) is 2.34. The highest BCUT2D eigenvalue weighted by Gasteiger charge is 2.21. The topological polar surface area (TPSA) is 87.3 Å². The number of hydrogen-bond donors (Lipinski definition) is 3. The first-order valence-electron chi connectivity index (χ1n) is 9.26. The second-order valence-corrected chi connectivity index (χ2v) is 7.59. The van der Waals surface area contributed by atoms with Crippen molar-refractivity contribution in [3.8, 4) is 0 Å². The molecule has 0 heterocycles. The number of benzene rings is 2. The van der Waals surface area contributed by atoms with Crippen LogP contribution in [0.4, 0.5) is 11.4 Å². The maximum atomic E-state index is 12.0. The van der Waals surface area contributed by atoms with Crippen LogP contribution in [0.5, 0.6) is 0 Å². The highest BCUT2D eigenvalue weighted by molar-refractivity contribution is 5.95. The standard InChI is InChI=1S/C22H27N3O3/c1-22(2,3)21(28)25-18-11-9-17(10-12-18)24-19(26)13-14-23-20(27)15-16-7-5-4-6-8-16/h4-12H,13-15H2,1-3H3,(H,23,27)(H,24,26)(H,25,28). The SMILES string of the molecule is CC(C)(C)C(=O)Nc1ccc(NC(=O)CCNC(=O)Cc2ccccc2)cc1. The van der Waals surface area contributed by atoms with Crippen LogP contribution in [0, 0.1) is 5.41 Å². The van der Waals surface area contributed by atoms with Gasteiger partial charge in [-0.25, -0.2) is 0 Å². The quantitative estimate of drug-likeness (QED) is 0.687. The van der Waals surface area contributed by atoms with Crippen LogP contribution < -0.4 is 16.0 Å².